The number of halogens is 1. The van der Waals surface area contributed by atoms with Gasteiger partial charge in [-0.15, -0.1) is 11.3 Å². The van der Waals surface area contributed by atoms with E-state index in [0.717, 1.165) is 29.5 Å². The molecule has 0 saturated carbocycles. The monoisotopic (exact) mass is 322 g/mol. The molecule has 1 aromatic carbocycles. The molecule has 0 radical (unpaired) electrons. The molecule has 0 saturated heterocycles. The molecule has 1 heterocycles. The summed E-state index contributed by atoms with van der Waals surface area (Å²) in [5.41, 5.74) is 1.33. The molecule has 1 aromatic heterocycles. The summed E-state index contributed by atoms with van der Waals surface area (Å²) < 4.78 is 0. The van der Waals surface area contributed by atoms with E-state index < -0.39 is 0 Å². The molecule has 0 amide bonds. The summed E-state index contributed by atoms with van der Waals surface area (Å²) in [5.74, 6) is 1.13. The van der Waals surface area contributed by atoms with Gasteiger partial charge >= 0.3 is 0 Å². The van der Waals surface area contributed by atoms with Crippen LogP contribution in [0.15, 0.2) is 30.5 Å². The second-order valence-electron chi connectivity index (χ2n) is 5.85. The van der Waals surface area contributed by atoms with Crippen molar-refractivity contribution >= 4 is 22.9 Å². The maximum atomic E-state index is 6.00. The lowest BCUT2D eigenvalue weighted by molar-refractivity contribution is 0.515. The van der Waals surface area contributed by atoms with E-state index in [9.17, 15) is 0 Å². The first-order valence-electron chi connectivity index (χ1n) is 7.42. The third-order valence-electron chi connectivity index (χ3n) is 3.40. The number of rotatable bonds is 7. The van der Waals surface area contributed by atoms with E-state index in [1.54, 1.807) is 11.3 Å². The van der Waals surface area contributed by atoms with Crippen LogP contribution in [0.5, 0.6) is 0 Å². The Morgan fingerprint density at radius 1 is 1.19 bits per heavy atom. The zero-order chi connectivity index (χ0) is 15.2. The summed E-state index contributed by atoms with van der Waals surface area (Å²) in [5, 5.41) is 5.50. The number of hydrogen-bond donors (Lipinski definition) is 1. The Kier molecular flexibility index (Phi) is 6.22. The van der Waals surface area contributed by atoms with E-state index in [0.29, 0.717) is 11.8 Å². The van der Waals surface area contributed by atoms with Crippen molar-refractivity contribution in [2.45, 2.75) is 33.1 Å². The van der Waals surface area contributed by atoms with Gasteiger partial charge in [-0.1, -0.05) is 37.6 Å². The van der Waals surface area contributed by atoms with Crippen LogP contribution >= 0.6 is 22.9 Å². The summed E-state index contributed by atoms with van der Waals surface area (Å²) in [4.78, 5) is 5.71. The molecule has 2 rings (SSSR count). The number of nitrogens with zero attached hydrogens (tertiary/aromatic N) is 1. The molecular formula is C17H23ClN2S. The van der Waals surface area contributed by atoms with Crippen molar-refractivity contribution in [3.63, 3.8) is 0 Å². The van der Waals surface area contributed by atoms with Gasteiger partial charge in [-0.3, -0.25) is 0 Å². The van der Waals surface area contributed by atoms with Crippen LogP contribution in [-0.2, 0) is 6.42 Å². The molecule has 0 aliphatic rings. The molecule has 1 atom stereocenters. The van der Waals surface area contributed by atoms with Crippen LogP contribution in [0.1, 0.15) is 35.2 Å². The van der Waals surface area contributed by atoms with E-state index in [4.69, 9.17) is 11.6 Å². The van der Waals surface area contributed by atoms with Crippen LogP contribution in [-0.4, -0.2) is 18.1 Å². The lowest BCUT2D eigenvalue weighted by Crippen LogP contribution is -2.26. The smallest absolute Gasteiger partial charge is 0.0896 e. The Balaban J connectivity index is 2.07. The van der Waals surface area contributed by atoms with Crippen molar-refractivity contribution in [2.24, 2.45) is 5.92 Å². The van der Waals surface area contributed by atoms with E-state index in [1.165, 1.54) is 10.4 Å². The molecule has 0 aliphatic carbocycles. The molecule has 4 heteroatoms. The number of aryl methyl sites for hydroxylation is 1. The maximum Gasteiger partial charge on any atom is 0.0896 e. The van der Waals surface area contributed by atoms with Crippen molar-refractivity contribution < 1.29 is 0 Å². The van der Waals surface area contributed by atoms with Gasteiger partial charge in [-0.2, -0.15) is 0 Å². The Hall–Kier alpha value is -0.900. The highest BCUT2D eigenvalue weighted by Gasteiger charge is 2.14. The first kappa shape index (κ1) is 16.5. The zero-order valence-electron chi connectivity index (χ0n) is 12.9. The topological polar surface area (TPSA) is 24.9 Å². The fourth-order valence-corrected chi connectivity index (χ4v) is 3.33. The second-order valence-corrected chi connectivity index (χ2v) is 7.61. The summed E-state index contributed by atoms with van der Waals surface area (Å²) in [6.45, 7) is 8.55. The van der Waals surface area contributed by atoms with Gasteiger partial charge in [0.15, 0.2) is 0 Å². The molecule has 0 bridgehead atoms. The molecule has 0 aliphatic heterocycles. The summed E-state index contributed by atoms with van der Waals surface area (Å²) >= 11 is 7.79. The number of benzene rings is 1. The Labute approximate surface area is 136 Å². The van der Waals surface area contributed by atoms with Crippen molar-refractivity contribution in [1.29, 1.82) is 0 Å². The number of thiazole rings is 1. The van der Waals surface area contributed by atoms with Crippen molar-refractivity contribution in [3.05, 3.63) is 50.9 Å². The summed E-state index contributed by atoms with van der Waals surface area (Å²) in [6, 6.07) is 8.23. The largest absolute Gasteiger partial charge is 0.316 e. The molecule has 1 N–H and O–H groups in total. The first-order valence-corrected chi connectivity index (χ1v) is 8.61. The van der Waals surface area contributed by atoms with Gasteiger partial charge in [0.25, 0.3) is 0 Å². The Morgan fingerprint density at radius 2 is 1.90 bits per heavy atom. The minimum Gasteiger partial charge on any atom is -0.316 e. The van der Waals surface area contributed by atoms with Gasteiger partial charge in [-0.25, -0.2) is 4.98 Å². The molecule has 1 unspecified atom stereocenters. The van der Waals surface area contributed by atoms with Crippen molar-refractivity contribution in [2.75, 3.05) is 13.1 Å². The quantitative estimate of drug-likeness (QED) is 0.800. The molecule has 21 heavy (non-hydrogen) atoms. The van der Waals surface area contributed by atoms with Crippen molar-refractivity contribution in [1.82, 2.24) is 10.3 Å². The highest BCUT2D eigenvalue weighted by molar-refractivity contribution is 7.11. The summed E-state index contributed by atoms with van der Waals surface area (Å²) in [6.07, 6.45) is 3.03. The predicted octanol–water partition coefficient (Wildman–Crippen LogP) is 4.68. The van der Waals surface area contributed by atoms with E-state index in [1.807, 2.05) is 18.3 Å². The molecular weight excluding hydrogens is 300 g/mol. The van der Waals surface area contributed by atoms with Crippen LogP contribution in [0.25, 0.3) is 0 Å². The van der Waals surface area contributed by atoms with Gasteiger partial charge in [0.2, 0.25) is 0 Å². The van der Waals surface area contributed by atoms with Crippen LogP contribution in [0.4, 0.5) is 0 Å². The lowest BCUT2D eigenvalue weighted by Gasteiger charge is -2.18. The molecule has 0 spiro atoms. The van der Waals surface area contributed by atoms with E-state index >= 15 is 0 Å². The highest BCUT2D eigenvalue weighted by atomic mass is 35.5. The maximum absolute atomic E-state index is 6.00. The normalized spacial score (nSPS) is 12.8. The van der Waals surface area contributed by atoms with Crippen LogP contribution in [0.3, 0.4) is 0 Å². The standard InChI is InChI=1S/C17H23ClN2S/c1-12(2)9-19-10-15(8-17-11-20-13(3)21-17)14-4-6-16(18)7-5-14/h4-7,11-12,15,19H,8-10H2,1-3H3. The third-order valence-corrected chi connectivity index (χ3v) is 4.59. The van der Waals surface area contributed by atoms with E-state index in [2.05, 4.69) is 43.2 Å². The van der Waals surface area contributed by atoms with Crippen LogP contribution in [0, 0.1) is 12.8 Å². The van der Waals surface area contributed by atoms with Gasteiger partial charge in [0.1, 0.15) is 0 Å². The second kappa shape index (κ2) is 7.92. The molecule has 114 valence electrons. The predicted molar refractivity (Wildman–Crippen MR) is 92.5 cm³/mol. The van der Waals surface area contributed by atoms with Crippen molar-refractivity contribution in [3.8, 4) is 0 Å². The fraction of sp³-hybridized carbons (Fsp3) is 0.471. The number of nitrogens with one attached hydrogen (secondary N) is 1. The Bertz CT molecular complexity index is 548. The van der Waals surface area contributed by atoms with Gasteiger partial charge in [-0.05, 0) is 43.5 Å². The number of aromatic nitrogens is 1. The van der Waals surface area contributed by atoms with Gasteiger partial charge < -0.3 is 5.32 Å². The van der Waals surface area contributed by atoms with Crippen LogP contribution in [0.2, 0.25) is 5.02 Å². The average molecular weight is 323 g/mol. The lowest BCUT2D eigenvalue weighted by atomic mass is 9.95. The molecule has 0 fully saturated rings. The average Bonchev–Trinajstić information content (AvgIpc) is 2.84. The minimum absolute atomic E-state index is 0.459. The minimum atomic E-state index is 0.459. The van der Waals surface area contributed by atoms with Gasteiger partial charge in [0.05, 0.1) is 5.01 Å². The zero-order valence-corrected chi connectivity index (χ0v) is 14.5. The third kappa shape index (κ3) is 5.42. The summed E-state index contributed by atoms with van der Waals surface area (Å²) in [7, 11) is 0. The number of hydrogen-bond acceptors (Lipinski definition) is 3. The molecule has 2 aromatic rings. The molecule has 2 nitrogen and oxygen atoms in total. The van der Waals surface area contributed by atoms with E-state index in [-0.39, 0.29) is 0 Å². The van der Waals surface area contributed by atoms with Crippen LogP contribution < -0.4 is 5.32 Å². The Morgan fingerprint density at radius 3 is 2.48 bits per heavy atom. The fourth-order valence-electron chi connectivity index (χ4n) is 2.33. The van der Waals surface area contributed by atoms with Gasteiger partial charge in [0, 0.05) is 28.6 Å². The highest BCUT2D eigenvalue weighted by Crippen LogP contribution is 2.25. The first-order chi connectivity index (χ1) is 10.0. The SMILES string of the molecule is Cc1ncc(CC(CNCC(C)C)c2ccc(Cl)cc2)s1.